The van der Waals surface area contributed by atoms with Crippen LogP contribution < -0.4 is 0 Å². The largest absolute Gasteiger partial charge is 0.480 e. The lowest BCUT2D eigenvalue weighted by Gasteiger charge is -2.22. The Hall–Kier alpha value is -1.10. The Kier molecular flexibility index (Phi) is 3.10. The van der Waals surface area contributed by atoms with Crippen molar-refractivity contribution in [3.63, 3.8) is 0 Å². The van der Waals surface area contributed by atoms with E-state index in [1.165, 1.54) is 4.90 Å². The molecule has 1 unspecified atom stereocenters. The number of carboxylic acids is 1. The number of hydrogen-bond donors (Lipinski definition) is 2. The van der Waals surface area contributed by atoms with Crippen LogP contribution in [0.2, 0.25) is 0 Å². The molecule has 0 aromatic carbocycles. The SMILES string of the molecule is CC(C)C(=O)N1CC(O)C[C@H]1C(=O)O. The van der Waals surface area contributed by atoms with E-state index < -0.39 is 18.1 Å². The number of aliphatic carboxylic acids is 1. The minimum atomic E-state index is -1.05. The first-order valence-corrected chi connectivity index (χ1v) is 4.64. The average Bonchev–Trinajstić information content (AvgIpc) is 2.45. The number of nitrogens with zero attached hydrogens (tertiary/aromatic N) is 1. The van der Waals surface area contributed by atoms with E-state index in [2.05, 4.69) is 0 Å². The minimum Gasteiger partial charge on any atom is -0.480 e. The third-order valence-electron chi connectivity index (χ3n) is 2.34. The van der Waals surface area contributed by atoms with Crippen LogP contribution in [0.4, 0.5) is 0 Å². The summed E-state index contributed by atoms with van der Waals surface area (Å²) in [4.78, 5) is 23.6. The number of likely N-dealkylation sites (tertiary alicyclic amines) is 1. The summed E-state index contributed by atoms with van der Waals surface area (Å²) in [6.07, 6.45) is -0.577. The van der Waals surface area contributed by atoms with E-state index in [1.807, 2.05) is 0 Å². The van der Waals surface area contributed by atoms with Crippen LogP contribution >= 0.6 is 0 Å². The monoisotopic (exact) mass is 201 g/mol. The Labute approximate surface area is 82.3 Å². The summed E-state index contributed by atoms with van der Waals surface area (Å²) < 4.78 is 0. The van der Waals surface area contributed by atoms with E-state index >= 15 is 0 Å². The van der Waals surface area contributed by atoms with Crippen molar-refractivity contribution in [1.29, 1.82) is 0 Å². The first-order valence-electron chi connectivity index (χ1n) is 4.64. The topological polar surface area (TPSA) is 77.8 Å². The second-order valence-electron chi connectivity index (χ2n) is 3.89. The van der Waals surface area contributed by atoms with Crippen molar-refractivity contribution in [2.45, 2.75) is 32.4 Å². The average molecular weight is 201 g/mol. The highest BCUT2D eigenvalue weighted by Crippen LogP contribution is 2.20. The molecule has 5 nitrogen and oxygen atoms in total. The van der Waals surface area contributed by atoms with Crippen molar-refractivity contribution in [2.24, 2.45) is 5.92 Å². The maximum absolute atomic E-state index is 11.6. The number of aliphatic hydroxyl groups is 1. The highest BCUT2D eigenvalue weighted by molar-refractivity contribution is 5.85. The van der Waals surface area contributed by atoms with Gasteiger partial charge in [-0.1, -0.05) is 13.8 Å². The van der Waals surface area contributed by atoms with E-state index in [4.69, 9.17) is 5.11 Å². The Morgan fingerprint density at radius 3 is 2.43 bits per heavy atom. The highest BCUT2D eigenvalue weighted by Gasteiger charge is 2.39. The van der Waals surface area contributed by atoms with Crippen LogP contribution in [-0.4, -0.2) is 45.7 Å². The van der Waals surface area contributed by atoms with Crippen LogP contribution in [0.15, 0.2) is 0 Å². The van der Waals surface area contributed by atoms with Crippen molar-refractivity contribution in [3.8, 4) is 0 Å². The number of carbonyl (C=O) groups is 2. The molecule has 1 aliphatic heterocycles. The molecule has 0 aliphatic carbocycles. The summed E-state index contributed by atoms with van der Waals surface area (Å²) >= 11 is 0. The molecule has 0 saturated carbocycles. The third-order valence-corrected chi connectivity index (χ3v) is 2.34. The molecule has 1 fully saturated rings. The predicted octanol–water partition coefficient (Wildman–Crippen LogP) is -0.311. The van der Waals surface area contributed by atoms with E-state index in [9.17, 15) is 14.7 Å². The Morgan fingerprint density at radius 1 is 1.43 bits per heavy atom. The van der Waals surface area contributed by atoms with Crippen molar-refractivity contribution >= 4 is 11.9 Å². The van der Waals surface area contributed by atoms with E-state index in [0.29, 0.717) is 0 Å². The molecule has 1 heterocycles. The number of carboxylic acid groups (broad SMARTS) is 1. The molecule has 1 rings (SSSR count). The molecular formula is C9H15NO4. The fraction of sp³-hybridized carbons (Fsp3) is 0.778. The van der Waals surface area contributed by atoms with Gasteiger partial charge in [-0.05, 0) is 0 Å². The molecule has 1 saturated heterocycles. The minimum absolute atomic E-state index is 0.133. The van der Waals surface area contributed by atoms with Gasteiger partial charge in [0, 0.05) is 18.9 Å². The summed E-state index contributed by atoms with van der Waals surface area (Å²) in [6, 6.07) is -0.861. The maximum Gasteiger partial charge on any atom is 0.326 e. The summed E-state index contributed by atoms with van der Waals surface area (Å²) in [5, 5.41) is 18.1. The summed E-state index contributed by atoms with van der Waals surface area (Å²) in [7, 11) is 0. The summed E-state index contributed by atoms with van der Waals surface area (Å²) in [5.74, 6) is -1.49. The molecule has 1 amide bonds. The number of aliphatic hydroxyl groups excluding tert-OH is 1. The molecule has 14 heavy (non-hydrogen) atoms. The number of amides is 1. The predicted molar refractivity (Wildman–Crippen MR) is 48.6 cm³/mol. The second-order valence-corrected chi connectivity index (χ2v) is 3.89. The van der Waals surface area contributed by atoms with Gasteiger partial charge in [0.15, 0.2) is 0 Å². The van der Waals surface area contributed by atoms with Gasteiger partial charge < -0.3 is 15.1 Å². The van der Waals surface area contributed by atoms with E-state index in [-0.39, 0.29) is 24.8 Å². The van der Waals surface area contributed by atoms with Crippen molar-refractivity contribution in [2.75, 3.05) is 6.54 Å². The summed E-state index contributed by atoms with van der Waals surface area (Å²) in [5.41, 5.74) is 0. The standard InChI is InChI=1S/C9H15NO4/c1-5(2)8(12)10-4-6(11)3-7(10)9(13)14/h5-7,11H,3-4H2,1-2H3,(H,13,14)/t6?,7-/m0/s1. The van der Waals surface area contributed by atoms with Crippen LogP contribution in [-0.2, 0) is 9.59 Å². The molecule has 0 bridgehead atoms. The van der Waals surface area contributed by atoms with Gasteiger partial charge in [0.1, 0.15) is 6.04 Å². The molecule has 2 N–H and O–H groups in total. The van der Waals surface area contributed by atoms with Crippen molar-refractivity contribution in [3.05, 3.63) is 0 Å². The molecule has 1 aliphatic rings. The lowest BCUT2D eigenvalue weighted by atomic mass is 10.1. The zero-order valence-corrected chi connectivity index (χ0v) is 8.30. The molecule has 0 radical (unpaired) electrons. The maximum atomic E-state index is 11.6. The molecule has 0 aromatic rings. The highest BCUT2D eigenvalue weighted by atomic mass is 16.4. The van der Waals surface area contributed by atoms with Gasteiger partial charge in [-0.25, -0.2) is 4.79 Å². The number of carbonyl (C=O) groups excluding carboxylic acids is 1. The molecule has 0 spiro atoms. The number of β-amino-alcohol motifs (C(OH)–C–C–N with tert-alkyl or cyclic N) is 1. The molecule has 80 valence electrons. The quantitative estimate of drug-likeness (QED) is 0.642. The first-order chi connectivity index (χ1) is 6.43. The first kappa shape index (κ1) is 11.0. The van der Waals surface area contributed by atoms with Gasteiger partial charge in [0.25, 0.3) is 0 Å². The second kappa shape index (κ2) is 3.96. The normalized spacial score (nSPS) is 27.0. The lowest BCUT2D eigenvalue weighted by Crippen LogP contribution is -2.42. The van der Waals surface area contributed by atoms with Crippen LogP contribution in [0, 0.1) is 5.92 Å². The molecular weight excluding hydrogens is 186 g/mol. The van der Waals surface area contributed by atoms with Gasteiger partial charge in [-0.3, -0.25) is 4.79 Å². The van der Waals surface area contributed by atoms with Gasteiger partial charge in [-0.15, -0.1) is 0 Å². The van der Waals surface area contributed by atoms with Crippen LogP contribution in [0.3, 0.4) is 0 Å². The van der Waals surface area contributed by atoms with Crippen molar-refractivity contribution < 1.29 is 19.8 Å². The zero-order chi connectivity index (χ0) is 10.9. The van der Waals surface area contributed by atoms with Crippen molar-refractivity contribution in [1.82, 2.24) is 4.90 Å². The van der Waals surface area contributed by atoms with E-state index in [1.54, 1.807) is 13.8 Å². The van der Waals surface area contributed by atoms with Crippen LogP contribution in [0.5, 0.6) is 0 Å². The fourth-order valence-corrected chi connectivity index (χ4v) is 1.62. The Bertz CT molecular complexity index is 251. The smallest absolute Gasteiger partial charge is 0.326 e. The fourth-order valence-electron chi connectivity index (χ4n) is 1.62. The van der Waals surface area contributed by atoms with Gasteiger partial charge in [0.05, 0.1) is 6.10 Å². The number of rotatable bonds is 2. The summed E-state index contributed by atoms with van der Waals surface area (Å²) in [6.45, 7) is 3.56. The van der Waals surface area contributed by atoms with Gasteiger partial charge in [-0.2, -0.15) is 0 Å². The van der Waals surface area contributed by atoms with E-state index in [0.717, 1.165) is 0 Å². The van der Waals surface area contributed by atoms with Gasteiger partial charge in [0.2, 0.25) is 5.91 Å². The third kappa shape index (κ3) is 2.04. The van der Waals surface area contributed by atoms with Crippen LogP contribution in [0.1, 0.15) is 20.3 Å². The zero-order valence-electron chi connectivity index (χ0n) is 8.30. The molecule has 2 atom stereocenters. The lowest BCUT2D eigenvalue weighted by molar-refractivity contribution is -0.149. The Balaban J connectivity index is 2.76. The Morgan fingerprint density at radius 2 is 2.00 bits per heavy atom. The van der Waals surface area contributed by atoms with Gasteiger partial charge >= 0.3 is 5.97 Å². The molecule has 0 aromatic heterocycles. The molecule has 5 heteroatoms. The number of hydrogen-bond acceptors (Lipinski definition) is 3. The van der Waals surface area contributed by atoms with Crippen LogP contribution in [0.25, 0.3) is 0 Å².